The zero-order valence-corrected chi connectivity index (χ0v) is 23.8. The molecule has 0 spiro atoms. The number of fused-ring (bicyclic) bond motifs is 3. The molecule has 210 valence electrons. The molecule has 2 atom stereocenters. The summed E-state index contributed by atoms with van der Waals surface area (Å²) < 4.78 is 12.7. The van der Waals surface area contributed by atoms with Crippen molar-refractivity contribution in [2.75, 3.05) is 32.6 Å². The Balaban J connectivity index is 1.30. The van der Waals surface area contributed by atoms with E-state index in [4.69, 9.17) is 26.1 Å². The van der Waals surface area contributed by atoms with Crippen molar-refractivity contribution in [1.82, 2.24) is 34.8 Å². The summed E-state index contributed by atoms with van der Waals surface area (Å²) in [7, 11) is 3.14. The van der Waals surface area contributed by atoms with E-state index < -0.39 is 0 Å². The van der Waals surface area contributed by atoms with E-state index in [0.29, 0.717) is 58.0 Å². The lowest BCUT2D eigenvalue weighted by molar-refractivity contribution is 0.0674. The number of rotatable bonds is 6. The van der Waals surface area contributed by atoms with Gasteiger partial charge in [0.2, 0.25) is 5.95 Å². The molecule has 1 aliphatic heterocycles. The monoisotopic (exact) mass is 572 g/mol. The highest BCUT2D eigenvalue weighted by Gasteiger charge is 2.25. The number of carbonyl (C=O) groups is 1. The van der Waals surface area contributed by atoms with Crippen LogP contribution < -0.4 is 20.1 Å². The maximum atomic E-state index is 13.0. The van der Waals surface area contributed by atoms with Crippen molar-refractivity contribution in [3.8, 4) is 22.6 Å². The number of ether oxygens (including phenoxy) is 2. The third-order valence-corrected chi connectivity index (χ3v) is 7.49. The van der Waals surface area contributed by atoms with E-state index >= 15 is 0 Å². The minimum Gasteiger partial charge on any atom is -0.497 e. The van der Waals surface area contributed by atoms with Crippen LogP contribution in [0.15, 0.2) is 55.0 Å². The van der Waals surface area contributed by atoms with E-state index in [1.54, 1.807) is 37.2 Å². The van der Waals surface area contributed by atoms with E-state index in [1.807, 2.05) is 41.3 Å². The molecule has 3 aromatic heterocycles. The van der Waals surface area contributed by atoms with Gasteiger partial charge in [-0.2, -0.15) is 4.98 Å². The molecule has 6 rings (SSSR count). The highest BCUT2D eigenvalue weighted by molar-refractivity contribution is 6.35. The lowest BCUT2D eigenvalue weighted by Crippen LogP contribution is -2.55. The number of carbonyl (C=O) groups excluding carboxylic acids is 1. The van der Waals surface area contributed by atoms with Gasteiger partial charge in [0.25, 0.3) is 5.91 Å². The molecule has 4 heterocycles. The fourth-order valence-corrected chi connectivity index (χ4v) is 5.55. The number of benzene rings is 2. The third kappa shape index (κ3) is 5.09. The van der Waals surface area contributed by atoms with Gasteiger partial charge in [-0.15, -0.1) is 10.2 Å². The van der Waals surface area contributed by atoms with Gasteiger partial charge < -0.3 is 25.0 Å². The molecule has 5 aromatic rings. The molecule has 1 amide bonds. The van der Waals surface area contributed by atoms with Crippen LogP contribution in [-0.4, -0.2) is 74.8 Å². The Morgan fingerprint density at radius 2 is 1.78 bits per heavy atom. The van der Waals surface area contributed by atoms with Crippen LogP contribution in [-0.2, 0) is 0 Å². The van der Waals surface area contributed by atoms with E-state index in [-0.39, 0.29) is 18.0 Å². The molecule has 2 aromatic carbocycles. The molecule has 2 N–H and O–H groups in total. The summed E-state index contributed by atoms with van der Waals surface area (Å²) in [6, 6.07) is 13.3. The van der Waals surface area contributed by atoms with Crippen LogP contribution in [0, 0.1) is 0 Å². The molecule has 1 aliphatic rings. The van der Waals surface area contributed by atoms with E-state index in [2.05, 4.69) is 39.7 Å². The first-order chi connectivity index (χ1) is 19.8. The van der Waals surface area contributed by atoms with Gasteiger partial charge in [0.15, 0.2) is 11.3 Å². The van der Waals surface area contributed by atoms with Crippen LogP contribution in [0.25, 0.3) is 27.8 Å². The minimum atomic E-state index is 0.0262. The average molecular weight is 573 g/mol. The SMILES string of the molecule is COc1cc(OC)c(Cl)c(-c2cc3cnc(Nc4ccc(C(=O)N5C[C@@H](C)N[C@@H](C)C5)cc4)nc3n3cnnc23)c1. The van der Waals surface area contributed by atoms with Gasteiger partial charge in [0.1, 0.15) is 17.8 Å². The predicted octanol–water partition coefficient (Wildman–Crippen LogP) is 4.58. The molecule has 0 aliphatic carbocycles. The van der Waals surface area contributed by atoms with Gasteiger partial charge in [-0.05, 0) is 50.2 Å². The number of hydrogen-bond donors (Lipinski definition) is 2. The summed E-state index contributed by atoms with van der Waals surface area (Å²) in [5.41, 5.74) is 4.00. The maximum Gasteiger partial charge on any atom is 0.253 e. The van der Waals surface area contributed by atoms with Gasteiger partial charge in [0.05, 0.1) is 19.2 Å². The lowest BCUT2D eigenvalue weighted by Gasteiger charge is -2.36. The summed E-state index contributed by atoms with van der Waals surface area (Å²) in [5.74, 6) is 1.50. The smallest absolute Gasteiger partial charge is 0.253 e. The van der Waals surface area contributed by atoms with Gasteiger partial charge >= 0.3 is 0 Å². The number of halogens is 1. The number of nitrogens with zero attached hydrogens (tertiary/aromatic N) is 6. The topological polar surface area (TPSA) is 119 Å². The third-order valence-electron chi connectivity index (χ3n) is 7.10. The number of anilines is 2. The van der Waals surface area contributed by atoms with Crippen molar-refractivity contribution in [3.63, 3.8) is 0 Å². The molecule has 11 nitrogen and oxygen atoms in total. The number of amides is 1. The Hall–Kier alpha value is -4.48. The first-order valence-electron chi connectivity index (χ1n) is 13.2. The Morgan fingerprint density at radius 1 is 1.02 bits per heavy atom. The van der Waals surface area contributed by atoms with Crippen LogP contribution >= 0.6 is 11.6 Å². The molecule has 0 unspecified atom stereocenters. The molecule has 12 heteroatoms. The van der Waals surface area contributed by atoms with Gasteiger partial charge in [0, 0.05) is 65.2 Å². The first kappa shape index (κ1) is 26.7. The van der Waals surface area contributed by atoms with Gasteiger partial charge in [-0.25, -0.2) is 4.98 Å². The van der Waals surface area contributed by atoms with Crippen molar-refractivity contribution in [2.45, 2.75) is 25.9 Å². The summed E-state index contributed by atoms with van der Waals surface area (Å²) in [6.07, 6.45) is 3.32. The van der Waals surface area contributed by atoms with Crippen LogP contribution in [0.5, 0.6) is 11.5 Å². The van der Waals surface area contributed by atoms with Crippen molar-refractivity contribution in [3.05, 3.63) is 65.6 Å². The summed E-state index contributed by atoms with van der Waals surface area (Å²) in [4.78, 5) is 24.2. The second-order valence-corrected chi connectivity index (χ2v) is 10.5. The van der Waals surface area contributed by atoms with E-state index in [0.717, 1.165) is 16.6 Å². The zero-order valence-electron chi connectivity index (χ0n) is 23.1. The van der Waals surface area contributed by atoms with Crippen LogP contribution in [0.3, 0.4) is 0 Å². The Bertz CT molecular complexity index is 1750. The average Bonchev–Trinajstić information content (AvgIpc) is 3.47. The molecular weight excluding hydrogens is 544 g/mol. The second-order valence-electron chi connectivity index (χ2n) is 10.1. The highest BCUT2D eigenvalue weighted by atomic mass is 35.5. The standard InChI is InChI=1S/C29H29ClN8O3/c1-16-13-37(14-17(2)33-16)28(39)18-5-7-20(8-6-18)34-29-31-12-19-9-23(27-36-32-15-38(27)26(19)35-29)22-10-21(40-3)11-24(41-4)25(22)30/h5-12,15-17,33H,13-14H2,1-4H3,(H,31,34,35)/t16-,17+. The summed E-state index contributed by atoms with van der Waals surface area (Å²) in [5, 5.41) is 16.3. The molecular formula is C29H29ClN8O3. The Labute approximate surface area is 241 Å². The van der Waals surface area contributed by atoms with Crippen molar-refractivity contribution in [1.29, 1.82) is 0 Å². The molecule has 1 saturated heterocycles. The highest BCUT2D eigenvalue weighted by Crippen LogP contribution is 2.41. The fourth-order valence-electron chi connectivity index (χ4n) is 5.26. The number of piperazine rings is 1. The minimum absolute atomic E-state index is 0.0262. The number of hydrogen-bond acceptors (Lipinski definition) is 9. The largest absolute Gasteiger partial charge is 0.497 e. The quantitative estimate of drug-likeness (QED) is 0.301. The predicted molar refractivity (Wildman–Crippen MR) is 157 cm³/mol. The molecule has 0 bridgehead atoms. The van der Waals surface area contributed by atoms with Gasteiger partial charge in [-0.1, -0.05) is 11.6 Å². The molecule has 1 fully saturated rings. The summed E-state index contributed by atoms with van der Waals surface area (Å²) >= 11 is 6.69. The second kappa shape index (κ2) is 10.8. The van der Waals surface area contributed by atoms with E-state index in [9.17, 15) is 4.79 Å². The number of methoxy groups -OCH3 is 2. The van der Waals surface area contributed by atoms with E-state index in [1.165, 1.54) is 0 Å². The number of nitrogens with one attached hydrogen (secondary N) is 2. The lowest BCUT2D eigenvalue weighted by atomic mass is 10.0. The fraction of sp³-hybridized carbons (Fsp3) is 0.276. The maximum absolute atomic E-state index is 13.0. The number of aromatic nitrogens is 5. The van der Waals surface area contributed by atoms with Crippen LogP contribution in [0.4, 0.5) is 11.6 Å². The molecule has 0 saturated carbocycles. The first-order valence-corrected chi connectivity index (χ1v) is 13.6. The number of pyridine rings is 1. The zero-order chi connectivity index (χ0) is 28.7. The van der Waals surface area contributed by atoms with Crippen molar-refractivity contribution in [2.24, 2.45) is 0 Å². The normalized spacial score (nSPS) is 17.1. The van der Waals surface area contributed by atoms with Crippen LogP contribution in [0.2, 0.25) is 5.02 Å². The Kier molecular flexibility index (Phi) is 7.06. The summed E-state index contributed by atoms with van der Waals surface area (Å²) in [6.45, 7) is 5.55. The van der Waals surface area contributed by atoms with Crippen LogP contribution in [0.1, 0.15) is 24.2 Å². The molecule has 0 radical (unpaired) electrons. The van der Waals surface area contributed by atoms with Crippen molar-refractivity contribution >= 4 is 45.8 Å². The molecule has 41 heavy (non-hydrogen) atoms. The van der Waals surface area contributed by atoms with Crippen molar-refractivity contribution < 1.29 is 14.3 Å². The Morgan fingerprint density at radius 3 is 2.49 bits per heavy atom. The van der Waals surface area contributed by atoms with Gasteiger partial charge in [-0.3, -0.25) is 9.20 Å².